The van der Waals surface area contributed by atoms with Gasteiger partial charge in [0.1, 0.15) is 0 Å². The maximum atomic E-state index is 12.0. The van der Waals surface area contributed by atoms with Crippen molar-refractivity contribution in [2.45, 2.75) is 0 Å². The van der Waals surface area contributed by atoms with Crippen molar-refractivity contribution < 1.29 is 9.90 Å². The zero-order chi connectivity index (χ0) is 13.1. The number of halogens is 2. The van der Waals surface area contributed by atoms with Crippen molar-refractivity contribution in [3.8, 4) is 5.75 Å². The van der Waals surface area contributed by atoms with E-state index in [-0.39, 0.29) is 11.6 Å². The van der Waals surface area contributed by atoms with Crippen molar-refractivity contribution in [2.75, 3.05) is 5.32 Å². The molecule has 1 aromatic carbocycles. The molecule has 4 nitrogen and oxygen atoms in total. The van der Waals surface area contributed by atoms with Crippen LogP contribution in [0.15, 0.2) is 41.0 Å². The van der Waals surface area contributed by atoms with Crippen molar-refractivity contribution in [2.24, 2.45) is 0 Å². The lowest BCUT2D eigenvalue weighted by Crippen LogP contribution is -2.13. The third kappa shape index (κ3) is 2.80. The van der Waals surface area contributed by atoms with E-state index in [4.69, 9.17) is 11.6 Å². The Bertz CT molecular complexity index is 604. The van der Waals surface area contributed by atoms with Crippen molar-refractivity contribution in [1.29, 1.82) is 0 Å². The number of hydrogen-bond donors (Lipinski definition) is 2. The summed E-state index contributed by atoms with van der Waals surface area (Å²) in [5, 5.41) is 12.3. The van der Waals surface area contributed by atoms with E-state index in [9.17, 15) is 9.90 Å². The average molecular weight is 328 g/mol. The van der Waals surface area contributed by atoms with Crippen LogP contribution in [0.5, 0.6) is 5.75 Å². The molecule has 0 fully saturated rings. The molecule has 2 rings (SSSR count). The highest BCUT2D eigenvalue weighted by molar-refractivity contribution is 9.10. The molecule has 0 aliphatic heterocycles. The van der Waals surface area contributed by atoms with E-state index in [1.807, 2.05) is 0 Å². The van der Waals surface area contributed by atoms with Crippen molar-refractivity contribution in [1.82, 2.24) is 4.98 Å². The van der Waals surface area contributed by atoms with E-state index in [2.05, 4.69) is 26.2 Å². The topological polar surface area (TPSA) is 62.2 Å². The molecule has 1 aromatic heterocycles. The average Bonchev–Trinajstić information content (AvgIpc) is 2.35. The SMILES string of the molecule is O=C(Nc1ncccc1O)c1cc(Br)ccc1Cl. The van der Waals surface area contributed by atoms with Gasteiger partial charge in [-0.25, -0.2) is 4.98 Å². The van der Waals surface area contributed by atoms with Gasteiger partial charge in [0.2, 0.25) is 0 Å². The molecule has 92 valence electrons. The van der Waals surface area contributed by atoms with Crippen molar-refractivity contribution in [3.63, 3.8) is 0 Å². The van der Waals surface area contributed by atoms with Gasteiger partial charge in [-0.15, -0.1) is 0 Å². The number of amides is 1. The van der Waals surface area contributed by atoms with Crippen LogP contribution in [-0.2, 0) is 0 Å². The van der Waals surface area contributed by atoms with Crippen LogP contribution in [0, 0.1) is 0 Å². The van der Waals surface area contributed by atoms with E-state index in [1.54, 1.807) is 24.3 Å². The summed E-state index contributed by atoms with van der Waals surface area (Å²) in [4.78, 5) is 15.8. The van der Waals surface area contributed by atoms with Gasteiger partial charge in [-0.1, -0.05) is 27.5 Å². The number of aromatic nitrogens is 1. The molecule has 0 saturated carbocycles. The molecule has 18 heavy (non-hydrogen) atoms. The number of nitrogens with zero attached hydrogens (tertiary/aromatic N) is 1. The third-order valence-corrected chi connectivity index (χ3v) is 3.01. The minimum absolute atomic E-state index is 0.0959. The molecule has 1 amide bonds. The van der Waals surface area contributed by atoms with Gasteiger partial charge in [-0.2, -0.15) is 0 Å². The lowest BCUT2D eigenvalue weighted by Gasteiger charge is -2.07. The fourth-order valence-electron chi connectivity index (χ4n) is 1.34. The number of aromatic hydroxyl groups is 1. The highest BCUT2D eigenvalue weighted by Gasteiger charge is 2.13. The molecule has 0 unspecified atom stereocenters. The second-order valence-corrected chi connectivity index (χ2v) is 4.77. The summed E-state index contributed by atoms with van der Waals surface area (Å²) >= 11 is 9.19. The normalized spacial score (nSPS) is 10.1. The highest BCUT2D eigenvalue weighted by atomic mass is 79.9. The van der Waals surface area contributed by atoms with Crippen molar-refractivity contribution in [3.05, 3.63) is 51.6 Å². The van der Waals surface area contributed by atoms with Gasteiger partial charge in [0, 0.05) is 10.7 Å². The fraction of sp³-hybridized carbons (Fsp3) is 0. The number of carbonyl (C=O) groups is 1. The van der Waals surface area contributed by atoms with E-state index in [1.165, 1.54) is 12.3 Å². The lowest BCUT2D eigenvalue weighted by atomic mass is 10.2. The second-order valence-electron chi connectivity index (χ2n) is 3.45. The van der Waals surface area contributed by atoms with Crippen LogP contribution in [0.1, 0.15) is 10.4 Å². The van der Waals surface area contributed by atoms with E-state index >= 15 is 0 Å². The molecule has 2 aromatic rings. The van der Waals surface area contributed by atoms with Crippen LogP contribution in [0.2, 0.25) is 5.02 Å². The predicted octanol–water partition coefficient (Wildman–Crippen LogP) is 3.46. The molecule has 0 saturated heterocycles. The van der Waals surface area contributed by atoms with Crippen LogP contribution in [0.3, 0.4) is 0 Å². The van der Waals surface area contributed by atoms with Crippen LogP contribution >= 0.6 is 27.5 Å². The first-order valence-electron chi connectivity index (χ1n) is 4.98. The summed E-state index contributed by atoms with van der Waals surface area (Å²) in [6.45, 7) is 0. The van der Waals surface area contributed by atoms with Gasteiger partial charge in [0.15, 0.2) is 11.6 Å². The molecule has 0 radical (unpaired) electrons. The Hall–Kier alpha value is -1.59. The number of carbonyl (C=O) groups excluding carboxylic acids is 1. The maximum absolute atomic E-state index is 12.0. The summed E-state index contributed by atoms with van der Waals surface area (Å²) in [6.07, 6.45) is 1.47. The van der Waals surface area contributed by atoms with Gasteiger partial charge in [-0.05, 0) is 30.3 Å². The molecule has 0 aliphatic carbocycles. The quantitative estimate of drug-likeness (QED) is 0.888. The Kier molecular flexibility index (Phi) is 3.84. The predicted molar refractivity (Wildman–Crippen MR) is 73.0 cm³/mol. The van der Waals surface area contributed by atoms with Gasteiger partial charge in [0.05, 0.1) is 10.6 Å². The molecular formula is C12H8BrClN2O2. The van der Waals surface area contributed by atoms with Crippen LogP contribution < -0.4 is 5.32 Å². The fourth-order valence-corrected chi connectivity index (χ4v) is 1.90. The van der Waals surface area contributed by atoms with E-state index in [0.717, 1.165) is 4.47 Å². The van der Waals surface area contributed by atoms with Crippen LogP contribution in [-0.4, -0.2) is 16.0 Å². The first-order valence-corrected chi connectivity index (χ1v) is 6.15. The van der Waals surface area contributed by atoms with Gasteiger partial charge < -0.3 is 10.4 Å². The summed E-state index contributed by atoms with van der Waals surface area (Å²) in [7, 11) is 0. The van der Waals surface area contributed by atoms with E-state index in [0.29, 0.717) is 10.6 Å². The number of benzene rings is 1. The number of pyridine rings is 1. The number of nitrogens with one attached hydrogen (secondary N) is 1. The van der Waals surface area contributed by atoms with E-state index < -0.39 is 5.91 Å². The van der Waals surface area contributed by atoms with Gasteiger partial charge in [0.25, 0.3) is 5.91 Å². The molecular weight excluding hydrogens is 320 g/mol. The first-order chi connectivity index (χ1) is 8.58. The molecule has 0 spiro atoms. The van der Waals surface area contributed by atoms with Gasteiger partial charge >= 0.3 is 0 Å². The lowest BCUT2D eigenvalue weighted by molar-refractivity contribution is 0.102. The Morgan fingerprint density at radius 1 is 1.39 bits per heavy atom. The number of hydrogen-bond acceptors (Lipinski definition) is 3. The number of rotatable bonds is 2. The van der Waals surface area contributed by atoms with Crippen LogP contribution in [0.25, 0.3) is 0 Å². The Morgan fingerprint density at radius 2 is 2.17 bits per heavy atom. The highest BCUT2D eigenvalue weighted by Crippen LogP contribution is 2.24. The largest absolute Gasteiger partial charge is 0.504 e. The summed E-state index contributed by atoms with van der Waals surface area (Å²) < 4.78 is 0.738. The molecule has 2 N–H and O–H groups in total. The smallest absolute Gasteiger partial charge is 0.258 e. The third-order valence-electron chi connectivity index (χ3n) is 2.19. The van der Waals surface area contributed by atoms with Crippen LogP contribution in [0.4, 0.5) is 5.82 Å². The standard InChI is InChI=1S/C12H8BrClN2O2/c13-7-3-4-9(14)8(6-7)12(18)16-11-10(17)2-1-5-15-11/h1-6,17H,(H,15,16,18). The maximum Gasteiger partial charge on any atom is 0.258 e. The summed E-state index contributed by atoms with van der Waals surface area (Å²) in [5.41, 5.74) is 0.302. The van der Waals surface area contributed by atoms with Gasteiger partial charge in [-0.3, -0.25) is 4.79 Å². The zero-order valence-electron chi connectivity index (χ0n) is 9.02. The Labute approximate surface area is 117 Å². The molecule has 0 atom stereocenters. The Balaban J connectivity index is 2.28. The second kappa shape index (κ2) is 5.37. The molecule has 1 heterocycles. The summed E-state index contributed by atoms with van der Waals surface area (Å²) in [6, 6.07) is 7.94. The monoisotopic (exact) mass is 326 g/mol. The minimum Gasteiger partial charge on any atom is -0.504 e. The summed E-state index contributed by atoms with van der Waals surface area (Å²) in [5.74, 6) is -0.439. The molecule has 0 bridgehead atoms. The molecule has 6 heteroatoms. The minimum atomic E-state index is -0.435. The Morgan fingerprint density at radius 3 is 2.89 bits per heavy atom. The zero-order valence-corrected chi connectivity index (χ0v) is 11.4. The number of anilines is 1. The molecule has 0 aliphatic rings. The van der Waals surface area contributed by atoms with Crippen molar-refractivity contribution >= 4 is 39.3 Å². The first kappa shape index (κ1) is 12.9.